The number of aromatic nitrogens is 1. The van der Waals surface area contributed by atoms with Crippen LogP contribution in [-0.4, -0.2) is 15.8 Å². The zero-order valence-electron chi connectivity index (χ0n) is 12.4. The number of hydrogen-bond acceptors (Lipinski definition) is 5. The van der Waals surface area contributed by atoms with Crippen molar-refractivity contribution in [3.05, 3.63) is 68.2 Å². The summed E-state index contributed by atoms with van der Waals surface area (Å²) in [5.74, 6) is -0.389. The smallest absolute Gasteiger partial charge is 0.270 e. The summed E-state index contributed by atoms with van der Waals surface area (Å²) in [4.78, 5) is 26.5. The molecule has 0 aliphatic rings. The average Bonchev–Trinajstić information content (AvgIpc) is 2.95. The van der Waals surface area contributed by atoms with E-state index in [-0.39, 0.29) is 11.6 Å². The second-order valence-corrected chi connectivity index (χ2v) is 6.79. The van der Waals surface area contributed by atoms with Gasteiger partial charge in [-0.1, -0.05) is 40.6 Å². The normalized spacial score (nSPS) is 11.1. The van der Waals surface area contributed by atoms with Gasteiger partial charge in [0.15, 0.2) is 5.13 Å². The van der Waals surface area contributed by atoms with Gasteiger partial charge in [0, 0.05) is 28.3 Å². The van der Waals surface area contributed by atoms with E-state index in [1.54, 1.807) is 30.3 Å². The summed E-state index contributed by atoms with van der Waals surface area (Å²) in [5, 5.41) is 14.7. The Bertz CT molecular complexity index is 1020. The molecule has 0 bridgehead atoms. The number of fused-ring (bicyclic) bond motifs is 1. The molecule has 0 atom stereocenters. The number of thiazole rings is 1. The lowest BCUT2D eigenvalue weighted by Gasteiger charge is -1.99. The van der Waals surface area contributed by atoms with Gasteiger partial charge in [-0.05, 0) is 29.8 Å². The van der Waals surface area contributed by atoms with E-state index in [9.17, 15) is 14.9 Å². The molecule has 1 aromatic heterocycles. The van der Waals surface area contributed by atoms with Crippen LogP contribution in [0.25, 0.3) is 16.3 Å². The van der Waals surface area contributed by atoms with E-state index >= 15 is 0 Å². The minimum Gasteiger partial charge on any atom is -0.298 e. The van der Waals surface area contributed by atoms with Crippen LogP contribution in [-0.2, 0) is 4.79 Å². The Kier molecular flexibility index (Phi) is 4.98. The van der Waals surface area contributed by atoms with E-state index in [0.717, 1.165) is 11.3 Å². The molecule has 0 unspecified atom stereocenters. The van der Waals surface area contributed by atoms with Crippen LogP contribution >= 0.6 is 34.5 Å². The fourth-order valence-corrected chi connectivity index (χ4v) is 3.40. The maximum atomic E-state index is 12.0. The number of non-ortho nitro benzene ring substituents is 1. The Morgan fingerprint density at radius 1 is 1.24 bits per heavy atom. The molecule has 126 valence electrons. The number of nitro groups is 1. The van der Waals surface area contributed by atoms with E-state index in [1.165, 1.54) is 18.2 Å². The predicted octanol–water partition coefficient (Wildman–Crippen LogP) is 5.16. The summed E-state index contributed by atoms with van der Waals surface area (Å²) in [6.45, 7) is 0. The highest BCUT2D eigenvalue weighted by molar-refractivity contribution is 7.22. The Hall–Kier alpha value is -2.48. The minimum atomic E-state index is -0.476. The molecule has 25 heavy (non-hydrogen) atoms. The fourth-order valence-electron chi connectivity index (χ4n) is 2.03. The van der Waals surface area contributed by atoms with Crippen molar-refractivity contribution >= 4 is 67.6 Å². The third kappa shape index (κ3) is 4.14. The van der Waals surface area contributed by atoms with E-state index in [0.29, 0.717) is 31.0 Å². The van der Waals surface area contributed by atoms with Gasteiger partial charge in [0.25, 0.3) is 5.69 Å². The van der Waals surface area contributed by atoms with Gasteiger partial charge in [0.05, 0.1) is 15.1 Å². The number of anilines is 1. The lowest BCUT2D eigenvalue weighted by molar-refractivity contribution is -0.384. The van der Waals surface area contributed by atoms with Gasteiger partial charge in [-0.15, -0.1) is 0 Å². The van der Waals surface area contributed by atoms with Crippen LogP contribution in [0.4, 0.5) is 10.8 Å². The van der Waals surface area contributed by atoms with Gasteiger partial charge in [0.2, 0.25) is 5.91 Å². The second kappa shape index (κ2) is 7.18. The summed E-state index contributed by atoms with van der Waals surface area (Å²) >= 11 is 13.0. The van der Waals surface area contributed by atoms with Crippen molar-refractivity contribution in [3.63, 3.8) is 0 Å². The number of hydrogen-bond donors (Lipinski definition) is 1. The third-order valence-corrected chi connectivity index (χ3v) is 4.69. The molecule has 2 aromatic carbocycles. The Balaban J connectivity index is 1.75. The maximum absolute atomic E-state index is 12.0. The molecule has 3 aromatic rings. The zero-order valence-corrected chi connectivity index (χ0v) is 14.7. The quantitative estimate of drug-likeness (QED) is 0.376. The number of carbonyl (C=O) groups excluding carboxylic acids is 1. The highest BCUT2D eigenvalue weighted by atomic mass is 35.5. The van der Waals surface area contributed by atoms with Gasteiger partial charge in [0.1, 0.15) is 0 Å². The van der Waals surface area contributed by atoms with Crippen LogP contribution in [0.3, 0.4) is 0 Å². The van der Waals surface area contributed by atoms with Crippen LogP contribution in [0, 0.1) is 10.1 Å². The summed E-state index contributed by atoms with van der Waals surface area (Å²) in [7, 11) is 0. The number of nitrogens with zero attached hydrogens (tertiary/aromatic N) is 2. The average molecular weight is 394 g/mol. The molecule has 1 amide bonds. The van der Waals surface area contributed by atoms with Crippen molar-refractivity contribution < 1.29 is 9.72 Å². The largest absolute Gasteiger partial charge is 0.298 e. The molecular weight excluding hydrogens is 385 g/mol. The number of rotatable bonds is 4. The summed E-state index contributed by atoms with van der Waals surface area (Å²) < 4.78 is 0.620. The van der Waals surface area contributed by atoms with Crippen LogP contribution in [0.2, 0.25) is 10.0 Å². The van der Waals surface area contributed by atoms with Gasteiger partial charge in [-0.3, -0.25) is 20.2 Å². The van der Waals surface area contributed by atoms with Gasteiger partial charge < -0.3 is 0 Å². The number of benzene rings is 2. The molecule has 0 radical (unpaired) electrons. The molecule has 3 rings (SSSR count). The van der Waals surface area contributed by atoms with Crippen molar-refractivity contribution in [1.82, 2.24) is 4.98 Å². The summed E-state index contributed by atoms with van der Waals surface area (Å²) in [5.41, 5.74) is 1.21. The Labute approximate surface area is 155 Å². The highest BCUT2D eigenvalue weighted by Crippen LogP contribution is 2.29. The van der Waals surface area contributed by atoms with Gasteiger partial charge in [-0.2, -0.15) is 0 Å². The molecule has 0 saturated carbocycles. The SMILES string of the molecule is O=C(C=Cc1ccc(Cl)cc1Cl)Nc1nc2ccc([N+](=O)[O-])cc2s1. The number of nitro benzene ring substituents is 1. The molecule has 1 heterocycles. The lowest BCUT2D eigenvalue weighted by atomic mass is 10.2. The van der Waals surface area contributed by atoms with Crippen LogP contribution in [0.1, 0.15) is 5.56 Å². The molecule has 1 N–H and O–H groups in total. The first-order chi connectivity index (χ1) is 11.9. The molecule has 0 fully saturated rings. The topological polar surface area (TPSA) is 85.1 Å². The van der Waals surface area contributed by atoms with Crippen molar-refractivity contribution in [3.8, 4) is 0 Å². The zero-order chi connectivity index (χ0) is 18.0. The van der Waals surface area contributed by atoms with Gasteiger partial charge in [-0.25, -0.2) is 4.98 Å². The van der Waals surface area contributed by atoms with Crippen LogP contribution in [0.15, 0.2) is 42.5 Å². The molecule has 0 spiro atoms. The number of halogens is 2. The number of carbonyl (C=O) groups is 1. The Morgan fingerprint density at radius 3 is 2.76 bits per heavy atom. The Morgan fingerprint density at radius 2 is 2.04 bits per heavy atom. The predicted molar refractivity (Wildman–Crippen MR) is 100 cm³/mol. The van der Waals surface area contributed by atoms with E-state index < -0.39 is 4.92 Å². The van der Waals surface area contributed by atoms with Gasteiger partial charge >= 0.3 is 0 Å². The molecule has 0 aliphatic carbocycles. The third-order valence-electron chi connectivity index (χ3n) is 3.19. The first-order valence-corrected chi connectivity index (χ1v) is 8.49. The highest BCUT2D eigenvalue weighted by Gasteiger charge is 2.11. The lowest BCUT2D eigenvalue weighted by Crippen LogP contribution is -2.07. The first kappa shape index (κ1) is 17.3. The number of amides is 1. The molecule has 6 nitrogen and oxygen atoms in total. The molecule has 9 heteroatoms. The summed E-state index contributed by atoms with van der Waals surface area (Å²) in [6, 6.07) is 9.29. The first-order valence-electron chi connectivity index (χ1n) is 6.91. The van der Waals surface area contributed by atoms with E-state index in [1.807, 2.05) is 0 Å². The van der Waals surface area contributed by atoms with Crippen molar-refractivity contribution in [2.24, 2.45) is 0 Å². The van der Waals surface area contributed by atoms with Crippen molar-refractivity contribution in [1.29, 1.82) is 0 Å². The second-order valence-electron chi connectivity index (χ2n) is 4.92. The maximum Gasteiger partial charge on any atom is 0.270 e. The molecular formula is C16H9Cl2N3O3S. The van der Waals surface area contributed by atoms with E-state index in [2.05, 4.69) is 10.3 Å². The summed E-state index contributed by atoms with van der Waals surface area (Å²) in [6.07, 6.45) is 2.88. The fraction of sp³-hybridized carbons (Fsp3) is 0. The monoisotopic (exact) mass is 393 g/mol. The van der Waals surface area contributed by atoms with E-state index in [4.69, 9.17) is 23.2 Å². The molecule has 0 aliphatic heterocycles. The standard InChI is InChI=1S/C16H9Cl2N3O3S/c17-10-3-1-9(12(18)7-10)2-6-15(22)20-16-19-13-5-4-11(21(23)24)8-14(13)25-16/h1-8H,(H,19,20,22). The van der Waals surface area contributed by atoms with Crippen LogP contribution in [0.5, 0.6) is 0 Å². The minimum absolute atomic E-state index is 0.0219. The molecule has 0 saturated heterocycles. The van der Waals surface area contributed by atoms with Crippen molar-refractivity contribution in [2.45, 2.75) is 0 Å². The van der Waals surface area contributed by atoms with Crippen molar-refractivity contribution in [2.75, 3.05) is 5.32 Å². The van der Waals surface area contributed by atoms with Crippen LogP contribution < -0.4 is 5.32 Å². The number of nitrogens with one attached hydrogen (secondary N) is 1.